The van der Waals surface area contributed by atoms with Gasteiger partial charge in [0.15, 0.2) is 0 Å². The van der Waals surface area contributed by atoms with E-state index in [1.807, 2.05) is 0 Å². The number of aromatic carboxylic acids is 1. The van der Waals surface area contributed by atoms with E-state index < -0.39 is 17.7 Å². The highest BCUT2D eigenvalue weighted by Crippen LogP contribution is 2.29. The third kappa shape index (κ3) is 3.55. The van der Waals surface area contributed by atoms with Crippen LogP contribution in [0.25, 0.3) is 0 Å². The summed E-state index contributed by atoms with van der Waals surface area (Å²) in [6, 6.07) is 8.26. The minimum Gasteiger partial charge on any atom is -0.478 e. The summed E-state index contributed by atoms with van der Waals surface area (Å²) in [6.45, 7) is 0.102. The average molecular weight is 342 g/mol. The molecule has 0 bridgehead atoms. The molecule has 0 aromatic heterocycles. The molecule has 2 rings (SSSR count). The molecule has 0 atom stereocenters. The summed E-state index contributed by atoms with van der Waals surface area (Å²) in [5.74, 6) is -2.18. The van der Waals surface area contributed by atoms with Gasteiger partial charge in [-0.2, -0.15) is 0 Å². The second-order valence-electron chi connectivity index (χ2n) is 4.41. The Hall–Kier alpha value is -2.11. The van der Waals surface area contributed by atoms with Gasteiger partial charge in [-0.25, -0.2) is 9.18 Å². The largest absolute Gasteiger partial charge is 0.478 e. The molecule has 0 aliphatic heterocycles. The Morgan fingerprint density at radius 3 is 2.36 bits per heavy atom. The molecule has 0 fully saturated rings. The fourth-order valence-electron chi connectivity index (χ4n) is 1.81. The maximum atomic E-state index is 13.0. The molecule has 22 heavy (non-hydrogen) atoms. The number of carboxylic acids is 1. The topological polar surface area (TPSA) is 66.4 Å². The van der Waals surface area contributed by atoms with Crippen LogP contribution in [-0.4, -0.2) is 17.0 Å². The lowest BCUT2D eigenvalue weighted by Gasteiger charge is -2.09. The lowest BCUT2D eigenvalue weighted by Crippen LogP contribution is -2.23. The first kappa shape index (κ1) is 16.3. The minimum absolute atomic E-state index is 0.0491. The van der Waals surface area contributed by atoms with Crippen molar-refractivity contribution in [1.82, 2.24) is 5.32 Å². The first-order chi connectivity index (χ1) is 10.4. The maximum Gasteiger partial charge on any atom is 0.337 e. The van der Waals surface area contributed by atoms with Gasteiger partial charge in [-0.3, -0.25) is 4.79 Å². The Kier molecular flexibility index (Phi) is 5.00. The molecular formula is C15H10Cl2FNO3. The van der Waals surface area contributed by atoms with Crippen LogP contribution in [0.15, 0.2) is 36.4 Å². The van der Waals surface area contributed by atoms with Gasteiger partial charge in [0.2, 0.25) is 0 Å². The summed E-state index contributed by atoms with van der Waals surface area (Å²) in [7, 11) is 0. The zero-order valence-electron chi connectivity index (χ0n) is 11.1. The van der Waals surface area contributed by atoms with Crippen LogP contribution in [0.1, 0.15) is 26.3 Å². The minimum atomic E-state index is -1.24. The van der Waals surface area contributed by atoms with Crippen molar-refractivity contribution in [3.05, 3.63) is 69.0 Å². The average Bonchev–Trinajstić information content (AvgIpc) is 2.47. The van der Waals surface area contributed by atoms with Crippen LogP contribution in [0.4, 0.5) is 4.39 Å². The Labute approximate surface area is 135 Å². The quantitative estimate of drug-likeness (QED) is 0.889. The highest BCUT2D eigenvalue weighted by atomic mass is 35.5. The van der Waals surface area contributed by atoms with E-state index in [0.29, 0.717) is 5.56 Å². The normalized spacial score (nSPS) is 10.3. The molecule has 4 nitrogen and oxygen atoms in total. The van der Waals surface area contributed by atoms with Gasteiger partial charge in [-0.15, -0.1) is 0 Å². The highest BCUT2D eigenvalue weighted by Gasteiger charge is 2.18. The van der Waals surface area contributed by atoms with Crippen molar-refractivity contribution in [2.45, 2.75) is 6.54 Å². The van der Waals surface area contributed by atoms with Crippen LogP contribution in [-0.2, 0) is 6.54 Å². The van der Waals surface area contributed by atoms with Gasteiger partial charge in [-0.05, 0) is 29.8 Å². The van der Waals surface area contributed by atoms with Crippen molar-refractivity contribution in [2.75, 3.05) is 0 Å². The van der Waals surface area contributed by atoms with Crippen molar-refractivity contribution < 1.29 is 19.1 Å². The third-order valence-corrected chi connectivity index (χ3v) is 3.78. The van der Waals surface area contributed by atoms with Gasteiger partial charge in [0, 0.05) is 6.54 Å². The molecule has 0 saturated carbocycles. The molecule has 0 spiro atoms. The zero-order chi connectivity index (χ0) is 16.3. The number of hydrogen-bond donors (Lipinski definition) is 2. The van der Waals surface area contributed by atoms with Gasteiger partial charge in [0.1, 0.15) is 5.82 Å². The summed E-state index contributed by atoms with van der Waals surface area (Å²) >= 11 is 11.8. The zero-order valence-corrected chi connectivity index (χ0v) is 12.6. The molecule has 0 aliphatic carbocycles. The predicted molar refractivity (Wildman–Crippen MR) is 81.0 cm³/mol. The number of rotatable bonds is 4. The van der Waals surface area contributed by atoms with Crippen molar-refractivity contribution in [3.63, 3.8) is 0 Å². The van der Waals surface area contributed by atoms with Crippen molar-refractivity contribution in [1.29, 1.82) is 0 Å². The van der Waals surface area contributed by atoms with Crippen LogP contribution < -0.4 is 5.32 Å². The third-order valence-electron chi connectivity index (χ3n) is 2.90. The van der Waals surface area contributed by atoms with E-state index in [9.17, 15) is 14.0 Å². The smallest absolute Gasteiger partial charge is 0.337 e. The van der Waals surface area contributed by atoms with E-state index in [1.54, 1.807) is 6.07 Å². The SMILES string of the molecule is O=C(O)c1ccc(C(=O)NCc2cccc(F)c2)c(Cl)c1Cl. The van der Waals surface area contributed by atoms with E-state index >= 15 is 0 Å². The molecule has 0 aliphatic rings. The van der Waals surface area contributed by atoms with Crippen molar-refractivity contribution in [2.24, 2.45) is 0 Å². The number of carbonyl (C=O) groups excluding carboxylic acids is 1. The Morgan fingerprint density at radius 2 is 1.73 bits per heavy atom. The fraction of sp³-hybridized carbons (Fsp3) is 0.0667. The molecule has 2 N–H and O–H groups in total. The molecular weight excluding hydrogens is 332 g/mol. The molecule has 1 amide bonds. The molecule has 114 valence electrons. The summed E-state index contributed by atoms with van der Waals surface area (Å²) in [6.07, 6.45) is 0. The molecule has 7 heteroatoms. The van der Waals surface area contributed by atoms with E-state index in [2.05, 4.69) is 5.32 Å². The second-order valence-corrected chi connectivity index (χ2v) is 5.16. The highest BCUT2D eigenvalue weighted by molar-refractivity contribution is 6.45. The first-order valence-electron chi connectivity index (χ1n) is 6.14. The van der Waals surface area contributed by atoms with Gasteiger partial charge < -0.3 is 10.4 Å². The van der Waals surface area contributed by atoms with Gasteiger partial charge >= 0.3 is 5.97 Å². The molecule has 2 aromatic rings. The number of amides is 1. The van der Waals surface area contributed by atoms with Crippen LogP contribution in [0.3, 0.4) is 0 Å². The molecule has 0 unspecified atom stereocenters. The van der Waals surface area contributed by atoms with Crippen LogP contribution >= 0.6 is 23.2 Å². The monoisotopic (exact) mass is 341 g/mol. The Morgan fingerprint density at radius 1 is 1.09 bits per heavy atom. The van der Waals surface area contributed by atoms with Gasteiger partial charge in [0.05, 0.1) is 21.2 Å². The Bertz CT molecular complexity index is 750. The number of nitrogens with one attached hydrogen (secondary N) is 1. The summed E-state index contributed by atoms with van der Waals surface area (Å²) in [5.41, 5.74) is 0.444. The van der Waals surface area contributed by atoms with Crippen molar-refractivity contribution in [3.8, 4) is 0 Å². The summed E-state index contributed by atoms with van der Waals surface area (Å²) in [5, 5.41) is 11.1. The molecule has 0 heterocycles. The van der Waals surface area contributed by atoms with Crippen molar-refractivity contribution >= 4 is 35.1 Å². The summed E-state index contributed by atoms with van der Waals surface area (Å²) < 4.78 is 13.0. The molecule has 0 radical (unpaired) electrons. The second kappa shape index (κ2) is 6.77. The Balaban J connectivity index is 2.16. The number of hydrogen-bond acceptors (Lipinski definition) is 2. The van der Waals surface area contributed by atoms with E-state index in [-0.39, 0.29) is 27.7 Å². The standard InChI is InChI=1S/C15H10Cl2FNO3/c16-12-10(4-5-11(13(12)17)15(21)22)14(20)19-7-8-2-1-3-9(18)6-8/h1-6H,7H2,(H,19,20)(H,21,22). The number of carboxylic acid groups (broad SMARTS) is 1. The fourth-order valence-corrected chi connectivity index (χ4v) is 2.31. The molecule has 0 saturated heterocycles. The van der Waals surface area contributed by atoms with Crippen LogP contribution in [0, 0.1) is 5.82 Å². The van der Waals surface area contributed by atoms with Gasteiger partial charge in [-0.1, -0.05) is 35.3 Å². The lowest BCUT2D eigenvalue weighted by atomic mass is 10.1. The van der Waals surface area contributed by atoms with Gasteiger partial charge in [0.25, 0.3) is 5.91 Å². The van der Waals surface area contributed by atoms with Crippen LogP contribution in [0.2, 0.25) is 10.0 Å². The van der Waals surface area contributed by atoms with E-state index in [4.69, 9.17) is 28.3 Å². The van der Waals surface area contributed by atoms with E-state index in [0.717, 1.165) is 0 Å². The number of benzene rings is 2. The number of halogens is 3. The number of carbonyl (C=O) groups is 2. The van der Waals surface area contributed by atoms with Crippen LogP contribution in [0.5, 0.6) is 0 Å². The molecule has 2 aromatic carbocycles. The summed E-state index contributed by atoms with van der Waals surface area (Å²) in [4.78, 5) is 23.0. The maximum absolute atomic E-state index is 13.0. The van der Waals surface area contributed by atoms with E-state index in [1.165, 1.54) is 30.3 Å². The first-order valence-corrected chi connectivity index (χ1v) is 6.89. The predicted octanol–water partition coefficient (Wildman–Crippen LogP) is 3.76. The lowest BCUT2D eigenvalue weighted by molar-refractivity contribution is 0.0696.